The second kappa shape index (κ2) is 12.6. The Morgan fingerprint density at radius 3 is 2.53 bits per heavy atom. The fraction of sp³-hybridized carbons (Fsp3) is 0.382. The van der Waals surface area contributed by atoms with Gasteiger partial charge in [0.25, 0.3) is 5.91 Å². The number of nitrogens with one attached hydrogen (secondary N) is 3. The van der Waals surface area contributed by atoms with Crippen molar-refractivity contribution in [2.75, 3.05) is 37.2 Å². The molecule has 3 aliphatic heterocycles. The van der Waals surface area contributed by atoms with Crippen LogP contribution in [0.25, 0.3) is 0 Å². The van der Waals surface area contributed by atoms with Crippen LogP contribution in [-0.2, 0) is 21.5 Å². The van der Waals surface area contributed by atoms with Gasteiger partial charge in [0.15, 0.2) is 6.10 Å². The number of likely N-dealkylation sites (tertiary alicyclic amines) is 2. The van der Waals surface area contributed by atoms with E-state index in [0.717, 1.165) is 40.9 Å². The predicted octanol–water partition coefficient (Wildman–Crippen LogP) is 4.55. The zero-order chi connectivity index (χ0) is 31.6. The van der Waals surface area contributed by atoms with Gasteiger partial charge in [0.05, 0.1) is 5.54 Å². The van der Waals surface area contributed by atoms with Crippen molar-refractivity contribution >= 4 is 35.6 Å². The topological polar surface area (TPSA) is 154 Å². The van der Waals surface area contributed by atoms with Crippen LogP contribution in [-0.4, -0.2) is 71.3 Å². The normalized spacial score (nSPS) is 18.4. The number of nitrogens with two attached hydrogens (primary N) is 1. The smallest absolute Gasteiger partial charge is 0.410 e. The Hall–Kier alpha value is -4.93. The predicted molar refractivity (Wildman–Crippen MR) is 171 cm³/mol. The van der Waals surface area contributed by atoms with Gasteiger partial charge in [-0.15, -0.1) is 0 Å². The van der Waals surface area contributed by atoms with Gasteiger partial charge in [0.2, 0.25) is 0 Å². The Bertz CT molecular complexity index is 1600. The number of nitrogen functional groups attached to an aromatic ring is 1. The van der Waals surface area contributed by atoms with Gasteiger partial charge in [-0.25, -0.2) is 9.59 Å². The number of anilines is 2. The fourth-order valence-corrected chi connectivity index (χ4v) is 6.86. The standard InChI is InChI=1S/C34H39N7O4/c1-22-18-23(19-25(21-35)30(22)36)20-29(31(42)40-14-9-24(10-15-40)27-7-4-5-13-37-27)45-33(44)41-16-11-34(12-17-41)26-6-2-3-8-28(26)38-32(43)39-34/h2-8,13,18-19,21,24,29,35H,9-12,14-17,20,36H2,1H3,(H2,38,39,43). The summed E-state index contributed by atoms with van der Waals surface area (Å²) in [6, 6.07) is 17.0. The number of rotatable bonds is 6. The Morgan fingerprint density at radius 2 is 1.82 bits per heavy atom. The van der Waals surface area contributed by atoms with Crippen LogP contribution in [0, 0.1) is 12.3 Å². The lowest BCUT2D eigenvalue weighted by molar-refractivity contribution is -0.142. The van der Waals surface area contributed by atoms with E-state index in [1.165, 1.54) is 6.21 Å². The number of urea groups is 1. The van der Waals surface area contributed by atoms with Crippen LogP contribution in [0.1, 0.15) is 59.5 Å². The summed E-state index contributed by atoms with van der Waals surface area (Å²) in [7, 11) is 0. The number of amides is 4. The molecule has 1 spiro atoms. The zero-order valence-corrected chi connectivity index (χ0v) is 25.4. The van der Waals surface area contributed by atoms with Crippen LogP contribution >= 0.6 is 0 Å². The van der Waals surface area contributed by atoms with Gasteiger partial charge in [0, 0.05) is 79.1 Å². The van der Waals surface area contributed by atoms with Gasteiger partial charge in [-0.05, 0) is 68.0 Å². The van der Waals surface area contributed by atoms with E-state index in [1.807, 2.05) is 55.5 Å². The highest BCUT2D eigenvalue weighted by atomic mass is 16.6. The molecule has 2 aromatic carbocycles. The highest BCUT2D eigenvalue weighted by Crippen LogP contribution is 2.39. The fourth-order valence-electron chi connectivity index (χ4n) is 6.86. The Balaban J connectivity index is 1.17. The van der Waals surface area contributed by atoms with Crippen LogP contribution in [0.3, 0.4) is 0 Å². The largest absolute Gasteiger partial charge is 0.436 e. The Labute approximate surface area is 262 Å². The molecule has 1 atom stereocenters. The summed E-state index contributed by atoms with van der Waals surface area (Å²) in [6.07, 6.45) is 4.15. The summed E-state index contributed by atoms with van der Waals surface area (Å²) in [5, 5.41) is 13.7. The van der Waals surface area contributed by atoms with Crippen molar-refractivity contribution in [2.24, 2.45) is 0 Å². The molecule has 0 saturated carbocycles. The molecule has 11 nitrogen and oxygen atoms in total. The first-order valence-corrected chi connectivity index (χ1v) is 15.5. The Morgan fingerprint density at radius 1 is 1.09 bits per heavy atom. The summed E-state index contributed by atoms with van der Waals surface area (Å²) in [5.41, 5.74) is 11.0. The lowest BCUT2D eigenvalue weighted by atomic mass is 9.79. The van der Waals surface area contributed by atoms with Gasteiger partial charge in [-0.2, -0.15) is 0 Å². The van der Waals surface area contributed by atoms with E-state index in [-0.39, 0.29) is 24.3 Å². The molecule has 2 fully saturated rings. The maximum absolute atomic E-state index is 14.0. The minimum Gasteiger partial charge on any atom is -0.436 e. The molecular weight excluding hydrogens is 570 g/mol. The minimum atomic E-state index is -1.04. The number of fused-ring (bicyclic) bond motifs is 2. The maximum Gasteiger partial charge on any atom is 0.410 e. The van der Waals surface area contributed by atoms with Crippen molar-refractivity contribution in [3.05, 3.63) is 88.7 Å². The number of nitrogens with zero attached hydrogens (tertiary/aromatic N) is 3. The van der Waals surface area contributed by atoms with Crippen LogP contribution in [0.2, 0.25) is 0 Å². The lowest BCUT2D eigenvalue weighted by Crippen LogP contribution is -2.58. The number of benzene rings is 2. The van der Waals surface area contributed by atoms with Crippen molar-refractivity contribution in [1.82, 2.24) is 20.1 Å². The third-order valence-corrected chi connectivity index (χ3v) is 9.41. The van der Waals surface area contributed by atoms with Crippen molar-refractivity contribution in [3.63, 3.8) is 0 Å². The number of hydrogen-bond donors (Lipinski definition) is 4. The first kappa shape index (κ1) is 30.1. The number of aromatic nitrogens is 1. The molecule has 0 aliphatic carbocycles. The Kier molecular flexibility index (Phi) is 8.42. The van der Waals surface area contributed by atoms with E-state index in [4.69, 9.17) is 15.9 Å². The minimum absolute atomic E-state index is 0.166. The average molecular weight is 610 g/mol. The van der Waals surface area contributed by atoms with Gasteiger partial charge < -0.3 is 36.3 Å². The number of carbonyl (C=O) groups excluding carboxylic acids is 3. The van der Waals surface area contributed by atoms with Gasteiger partial charge in [0.1, 0.15) is 0 Å². The average Bonchev–Trinajstić information content (AvgIpc) is 3.06. The number of ether oxygens (including phenoxy) is 1. The lowest BCUT2D eigenvalue weighted by Gasteiger charge is -2.45. The van der Waals surface area contributed by atoms with Crippen LogP contribution in [0.4, 0.5) is 21.0 Å². The molecule has 0 radical (unpaired) electrons. The van der Waals surface area contributed by atoms with Crippen molar-refractivity contribution in [1.29, 1.82) is 5.41 Å². The first-order chi connectivity index (χ1) is 21.8. The van der Waals surface area contributed by atoms with E-state index < -0.39 is 17.7 Å². The summed E-state index contributed by atoms with van der Waals surface area (Å²) < 4.78 is 6.03. The van der Waals surface area contributed by atoms with Crippen LogP contribution < -0.4 is 16.4 Å². The van der Waals surface area contributed by atoms with Gasteiger partial charge >= 0.3 is 12.1 Å². The molecule has 3 aliphatic rings. The molecule has 3 aromatic rings. The molecule has 1 aromatic heterocycles. The third-order valence-electron chi connectivity index (χ3n) is 9.41. The molecule has 45 heavy (non-hydrogen) atoms. The quantitative estimate of drug-likeness (QED) is 0.238. The number of piperidine rings is 2. The van der Waals surface area contributed by atoms with E-state index in [0.29, 0.717) is 50.3 Å². The van der Waals surface area contributed by atoms with Crippen molar-refractivity contribution < 1.29 is 19.1 Å². The number of aryl methyl sites for hydroxylation is 1. The summed E-state index contributed by atoms with van der Waals surface area (Å²) in [4.78, 5) is 48.0. The van der Waals surface area contributed by atoms with E-state index in [9.17, 15) is 14.4 Å². The van der Waals surface area contributed by atoms with E-state index in [2.05, 4.69) is 15.6 Å². The molecule has 1 unspecified atom stereocenters. The first-order valence-electron chi connectivity index (χ1n) is 15.5. The second-order valence-corrected chi connectivity index (χ2v) is 12.2. The summed E-state index contributed by atoms with van der Waals surface area (Å²) >= 11 is 0. The van der Waals surface area contributed by atoms with Gasteiger partial charge in [-0.3, -0.25) is 9.78 Å². The van der Waals surface area contributed by atoms with Crippen molar-refractivity contribution in [2.45, 2.75) is 56.6 Å². The molecule has 0 bridgehead atoms. The summed E-state index contributed by atoms with van der Waals surface area (Å²) in [5.74, 6) is 0.0363. The third kappa shape index (κ3) is 6.20. The van der Waals surface area contributed by atoms with Crippen molar-refractivity contribution in [3.8, 4) is 0 Å². The molecule has 4 heterocycles. The molecule has 6 rings (SSSR count). The molecule has 234 valence electrons. The highest BCUT2D eigenvalue weighted by Gasteiger charge is 2.43. The second-order valence-electron chi connectivity index (χ2n) is 12.2. The maximum atomic E-state index is 14.0. The van der Waals surface area contributed by atoms with Crippen LogP contribution in [0.15, 0.2) is 60.8 Å². The zero-order valence-electron chi connectivity index (χ0n) is 25.4. The summed E-state index contributed by atoms with van der Waals surface area (Å²) in [6.45, 7) is 3.67. The molecule has 4 amide bonds. The van der Waals surface area contributed by atoms with E-state index >= 15 is 0 Å². The van der Waals surface area contributed by atoms with Gasteiger partial charge in [-0.1, -0.05) is 30.3 Å². The molecule has 11 heteroatoms. The highest BCUT2D eigenvalue weighted by molar-refractivity contribution is 5.94. The number of para-hydroxylation sites is 1. The SMILES string of the molecule is Cc1cc(CC(OC(=O)N2CCC3(CC2)NC(=O)Nc2ccccc23)C(=O)N2CCC(c3ccccn3)CC2)cc(C=N)c1N. The molecular formula is C34H39N7O4. The number of carbonyl (C=O) groups is 3. The molecule has 5 N–H and O–H groups in total. The number of pyridine rings is 1. The van der Waals surface area contributed by atoms with Crippen LogP contribution in [0.5, 0.6) is 0 Å². The van der Waals surface area contributed by atoms with E-state index in [1.54, 1.807) is 22.1 Å². The molecule has 2 saturated heterocycles. The monoisotopic (exact) mass is 609 g/mol. The number of hydrogen-bond acceptors (Lipinski definition) is 7.